The van der Waals surface area contributed by atoms with Crippen LogP contribution in [0, 0.1) is 5.92 Å². The smallest absolute Gasteiger partial charge is 0.302 e. The molecule has 1 rings (SSSR count). The third-order valence-corrected chi connectivity index (χ3v) is 2.99. The van der Waals surface area contributed by atoms with E-state index in [0.717, 1.165) is 6.42 Å². The first-order chi connectivity index (χ1) is 5.49. The molecule has 0 amide bonds. The number of halogens is 1. The maximum absolute atomic E-state index is 12.1. The van der Waals surface area contributed by atoms with E-state index < -0.39 is 10.2 Å². The molecule has 0 N–H and O–H groups in total. The molecule has 0 bridgehead atoms. The van der Waals surface area contributed by atoms with Gasteiger partial charge in [-0.05, 0) is 25.7 Å². The molecule has 0 aliphatic carbocycles. The van der Waals surface area contributed by atoms with Crippen LogP contribution in [0.5, 0.6) is 0 Å². The van der Waals surface area contributed by atoms with Crippen LogP contribution in [0.1, 0.15) is 19.8 Å². The van der Waals surface area contributed by atoms with Gasteiger partial charge in [-0.3, -0.25) is 0 Å². The summed E-state index contributed by atoms with van der Waals surface area (Å²) < 4.78 is 37.7. The average Bonchev–Trinajstić information content (AvgIpc) is 2.29. The number of hydrogen-bond acceptors (Lipinski definition) is 3. The molecule has 72 valence electrons. The van der Waals surface area contributed by atoms with Gasteiger partial charge in [0.05, 0.1) is 11.9 Å². The summed E-state index contributed by atoms with van der Waals surface area (Å²) in [4.78, 5) is 0. The summed E-state index contributed by atoms with van der Waals surface area (Å²) >= 11 is 0. The molecule has 2 atom stereocenters. The molecule has 1 saturated heterocycles. The zero-order chi connectivity index (χ0) is 9.19. The second-order valence-corrected chi connectivity index (χ2v) is 4.64. The maximum atomic E-state index is 12.1. The molecule has 3 nitrogen and oxygen atoms in total. The van der Waals surface area contributed by atoms with Crippen LogP contribution in [0.15, 0.2) is 0 Å². The second kappa shape index (κ2) is 3.70. The molecular weight excluding hydrogens is 183 g/mol. The summed E-state index contributed by atoms with van der Waals surface area (Å²) in [5.74, 6) is -0.165. The van der Waals surface area contributed by atoms with Crippen molar-refractivity contribution < 1.29 is 17.0 Å². The molecule has 0 aromatic rings. The molecule has 0 aromatic carbocycles. The van der Waals surface area contributed by atoms with Crippen LogP contribution in [0.2, 0.25) is 0 Å². The number of ether oxygens (including phenoxy) is 1. The van der Waals surface area contributed by atoms with E-state index in [4.69, 9.17) is 4.74 Å². The van der Waals surface area contributed by atoms with Crippen molar-refractivity contribution in [2.45, 2.75) is 25.9 Å². The molecule has 0 spiro atoms. The van der Waals surface area contributed by atoms with Crippen molar-refractivity contribution in [3.8, 4) is 0 Å². The molecule has 1 fully saturated rings. The van der Waals surface area contributed by atoms with Gasteiger partial charge in [-0.15, -0.1) is 3.89 Å². The quantitative estimate of drug-likeness (QED) is 0.635. The van der Waals surface area contributed by atoms with Crippen molar-refractivity contribution >= 4 is 10.2 Å². The first-order valence-corrected chi connectivity index (χ1v) is 5.58. The molecule has 0 saturated carbocycles. The predicted molar refractivity (Wildman–Crippen MR) is 43.0 cm³/mol. The van der Waals surface area contributed by atoms with Crippen molar-refractivity contribution in [1.29, 1.82) is 0 Å². The summed E-state index contributed by atoms with van der Waals surface area (Å²) in [6, 6.07) is 0. The van der Waals surface area contributed by atoms with Crippen LogP contribution < -0.4 is 0 Å². The van der Waals surface area contributed by atoms with E-state index in [1.54, 1.807) is 0 Å². The molecule has 2 unspecified atom stereocenters. The van der Waals surface area contributed by atoms with Crippen LogP contribution in [-0.2, 0) is 15.0 Å². The van der Waals surface area contributed by atoms with E-state index in [1.165, 1.54) is 0 Å². The molecular formula is C7H13FO3S. The van der Waals surface area contributed by atoms with Gasteiger partial charge in [0.25, 0.3) is 0 Å². The molecule has 12 heavy (non-hydrogen) atoms. The first kappa shape index (κ1) is 9.92. The highest BCUT2D eigenvalue weighted by Gasteiger charge is 2.25. The fraction of sp³-hybridized carbons (Fsp3) is 1.00. The highest BCUT2D eigenvalue weighted by molar-refractivity contribution is 7.86. The van der Waals surface area contributed by atoms with E-state index in [0.29, 0.717) is 13.0 Å². The van der Waals surface area contributed by atoms with Gasteiger partial charge < -0.3 is 4.74 Å². The Bertz CT molecular complexity index is 237. The Labute approximate surface area is 72.1 Å². The summed E-state index contributed by atoms with van der Waals surface area (Å²) in [6.07, 6.45) is 1.29. The lowest BCUT2D eigenvalue weighted by molar-refractivity contribution is 0.105. The van der Waals surface area contributed by atoms with Crippen LogP contribution in [-0.4, -0.2) is 26.9 Å². The van der Waals surface area contributed by atoms with Gasteiger partial charge in [-0.1, -0.05) is 0 Å². The minimum absolute atomic E-state index is 0.0757. The highest BCUT2D eigenvalue weighted by atomic mass is 32.3. The Morgan fingerprint density at radius 2 is 2.25 bits per heavy atom. The molecule has 0 radical (unpaired) electrons. The molecule has 5 heteroatoms. The Kier molecular flexibility index (Phi) is 3.06. The van der Waals surface area contributed by atoms with E-state index in [2.05, 4.69) is 0 Å². The van der Waals surface area contributed by atoms with Gasteiger partial charge in [0, 0.05) is 6.61 Å². The fourth-order valence-electron chi connectivity index (χ4n) is 1.45. The van der Waals surface area contributed by atoms with E-state index in [-0.39, 0.29) is 17.8 Å². The summed E-state index contributed by atoms with van der Waals surface area (Å²) in [6.45, 7) is 2.56. The zero-order valence-corrected chi connectivity index (χ0v) is 7.81. The largest absolute Gasteiger partial charge is 0.378 e. The molecule has 1 aliphatic heterocycles. The standard InChI is InChI=1S/C7H13FO3S/c1-6-7(2-4-11-6)3-5-12(8,9)10/h6-7H,2-5H2,1H3. The van der Waals surface area contributed by atoms with Gasteiger partial charge in [-0.2, -0.15) is 8.42 Å². The highest BCUT2D eigenvalue weighted by Crippen LogP contribution is 2.24. The number of rotatable bonds is 3. The third kappa shape index (κ3) is 3.06. The van der Waals surface area contributed by atoms with Gasteiger partial charge >= 0.3 is 10.2 Å². The van der Waals surface area contributed by atoms with Crippen LogP contribution in [0.3, 0.4) is 0 Å². The van der Waals surface area contributed by atoms with Gasteiger partial charge in [0.1, 0.15) is 0 Å². The van der Waals surface area contributed by atoms with Crippen molar-refractivity contribution in [3.63, 3.8) is 0 Å². The number of hydrogen-bond donors (Lipinski definition) is 0. The molecule has 0 aromatic heterocycles. The maximum Gasteiger partial charge on any atom is 0.302 e. The Hall–Kier alpha value is -0.160. The lowest BCUT2D eigenvalue weighted by atomic mass is 10.0. The average molecular weight is 196 g/mol. The van der Waals surface area contributed by atoms with E-state index in [1.807, 2.05) is 6.92 Å². The predicted octanol–water partition coefficient (Wildman–Crippen LogP) is 1.10. The minimum Gasteiger partial charge on any atom is -0.378 e. The minimum atomic E-state index is -4.29. The van der Waals surface area contributed by atoms with Crippen LogP contribution >= 0.6 is 0 Å². The third-order valence-electron chi connectivity index (χ3n) is 2.27. The van der Waals surface area contributed by atoms with Crippen molar-refractivity contribution in [2.75, 3.05) is 12.4 Å². The summed E-state index contributed by atoms with van der Waals surface area (Å²) in [5, 5.41) is 0. The normalized spacial score (nSPS) is 30.8. The van der Waals surface area contributed by atoms with Gasteiger partial charge in [-0.25, -0.2) is 0 Å². The van der Waals surface area contributed by atoms with E-state index >= 15 is 0 Å². The monoisotopic (exact) mass is 196 g/mol. The Morgan fingerprint density at radius 3 is 2.67 bits per heavy atom. The molecule has 1 heterocycles. The summed E-state index contributed by atoms with van der Waals surface area (Å²) in [5.41, 5.74) is 0. The zero-order valence-electron chi connectivity index (χ0n) is 6.99. The van der Waals surface area contributed by atoms with Crippen LogP contribution in [0.4, 0.5) is 3.89 Å². The Morgan fingerprint density at radius 1 is 1.58 bits per heavy atom. The molecule has 1 aliphatic rings. The van der Waals surface area contributed by atoms with Gasteiger partial charge in [0.15, 0.2) is 0 Å². The SMILES string of the molecule is CC1OCCC1CCS(=O)(=O)F. The fourth-order valence-corrected chi connectivity index (χ4v) is 2.03. The lowest BCUT2D eigenvalue weighted by Gasteiger charge is -2.11. The summed E-state index contributed by atoms with van der Waals surface area (Å²) in [7, 11) is -4.29. The van der Waals surface area contributed by atoms with Crippen molar-refractivity contribution in [3.05, 3.63) is 0 Å². The Balaban J connectivity index is 2.32. The van der Waals surface area contributed by atoms with E-state index in [9.17, 15) is 12.3 Å². The van der Waals surface area contributed by atoms with Crippen molar-refractivity contribution in [1.82, 2.24) is 0 Å². The van der Waals surface area contributed by atoms with Crippen LogP contribution in [0.25, 0.3) is 0 Å². The second-order valence-electron chi connectivity index (χ2n) is 3.16. The van der Waals surface area contributed by atoms with Gasteiger partial charge in [0.2, 0.25) is 0 Å². The van der Waals surface area contributed by atoms with Crippen molar-refractivity contribution in [2.24, 2.45) is 5.92 Å². The topological polar surface area (TPSA) is 43.4 Å². The lowest BCUT2D eigenvalue weighted by Crippen LogP contribution is -2.14. The first-order valence-electron chi connectivity index (χ1n) is 4.03.